The molecule has 1 aromatic carbocycles. The highest BCUT2D eigenvalue weighted by molar-refractivity contribution is 6.30. The van der Waals surface area contributed by atoms with Gasteiger partial charge in [-0.3, -0.25) is 4.79 Å². The fraction of sp³-hybridized carbons (Fsp3) is 0.400. The zero-order chi connectivity index (χ0) is 18.7. The number of carbonyl (C=O) groups excluding carboxylic acids is 1. The molecule has 1 amide bonds. The summed E-state index contributed by atoms with van der Waals surface area (Å²) in [6.07, 6.45) is 3.40. The second-order valence-corrected chi connectivity index (χ2v) is 7.11. The molecule has 5 nitrogen and oxygen atoms in total. The molecule has 0 saturated heterocycles. The molecular formula is C20H22ClNO4. The summed E-state index contributed by atoms with van der Waals surface area (Å²) in [5, 5.41) is 9.95. The summed E-state index contributed by atoms with van der Waals surface area (Å²) in [5.41, 5.74) is 1.17. The van der Waals surface area contributed by atoms with E-state index in [-0.39, 0.29) is 17.2 Å². The lowest BCUT2D eigenvalue weighted by Crippen LogP contribution is -2.34. The second kappa shape index (κ2) is 7.96. The van der Waals surface area contributed by atoms with E-state index in [0.29, 0.717) is 42.6 Å². The topological polar surface area (TPSA) is 70.8 Å². The molecule has 6 heteroatoms. The van der Waals surface area contributed by atoms with E-state index in [1.165, 1.54) is 6.07 Å². The molecule has 1 heterocycles. The van der Waals surface area contributed by atoms with E-state index in [1.807, 2.05) is 31.2 Å². The summed E-state index contributed by atoms with van der Waals surface area (Å²) in [6.45, 7) is 3.04. The molecule has 1 aliphatic rings. The standard InChI is InChI=1S/C20H22ClNO4/c1-2-17-16(20(24)25)11-18(26-17)19(23)22(12-14-3-4-14)10-9-13-5-7-15(21)8-6-13/h5-8,11,14H,2-4,9-10,12H2,1H3,(H,24,25). The Bertz CT molecular complexity index is 793. The van der Waals surface area contributed by atoms with Gasteiger partial charge in [0.2, 0.25) is 0 Å². The smallest absolute Gasteiger partial charge is 0.339 e. The summed E-state index contributed by atoms with van der Waals surface area (Å²) in [5.74, 6) is -0.336. The number of benzene rings is 1. The number of amides is 1. The summed E-state index contributed by atoms with van der Waals surface area (Å²) in [7, 11) is 0. The van der Waals surface area contributed by atoms with Crippen molar-refractivity contribution in [3.05, 3.63) is 58.0 Å². The number of furan rings is 1. The first-order valence-corrected chi connectivity index (χ1v) is 9.25. The van der Waals surface area contributed by atoms with E-state index in [2.05, 4.69) is 0 Å². The minimum Gasteiger partial charge on any atom is -0.478 e. The SMILES string of the molecule is CCc1oc(C(=O)N(CCc2ccc(Cl)cc2)CC2CC2)cc1C(=O)O. The molecule has 1 aliphatic carbocycles. The minimum atomic E-state index is -1.07. The molecule has 0 atom stereocenters. The number of carboxylic acids is 1. The molecule has 138 valence electrons. The van der Waals surface area contributed by atoms with Gasteiger partial charge in [0.05, 0.1) is 0 Å². The maximum Gasteiger partial charge on any atom is 0.339 e. The predicted octanol–water partition coefficient (Wildman–Crippen LogP) is 4.29. The molecule has 1 aromatic heterocycles. The van der Waals surface area contributed by atoms with Crippen molar-refractivity contribution in [2.75, 3.05) is 13.1 Å². The van der Waals surface area contributed by atoms with Gasteiger partial charge < -0.3 is 14.4 Å². The Morgan fingerprint density at radius 2 is 1.96 bits per heavy atom. The van der Waals surface area contributed by atoms with Crippen LogP contribution in [0, 0.1) is 5.92 Å². The van der Waals surface area contributed by atoms with E-state index < -0.39 is 5.97 Å². The maximum atomic E-state index is 12.9. The van der Waals surface area contributed by atoms with Crippen molar-refractivity contribution in [2.45, 2.75) is 32.6 Å². The third-order valence-corrected chi connectivity index (χ3v) is 4.87. The highest BCUT2D eigenvalue weighted by Gasteiger charge is 2.29. The van der Waals surface area contributed by atoms with Crippen molar-refractivity contribution in [3.8, 4) is 0 Å². The van der Waals surface area contributed by atoms with Crippen LogP contribution in [0.3, 0.4) is 0 Å². The van der Waals surface area contributed by atoms with Crippen LogP contribution in [0.25, 0.3) is 0 Å². The molecule has 2 aromatic rings. The molecule has 1 N–H and O–H groups in total. The lowest BCUT2D eigenvalue weighted by molar-refractivity contribution is 0.0690. The first kappa shape index (κ1) is 18.5. The molecule has 0 radical (unpaired) electrons. The van der Waals surface area contributed by atoms with E-state index >= 15 is 0 Å². The number of hydrogen-bond donors (Lipinski definition) is 1. The lowest BCUT2D eigenvalue weighted by atomic mass is 10.1. The zero-order valence-corrected chi connectivity index (χ0v) is 15.5. The van der Waals surface area contributed by atoms with Crippen LogP contribution in [0.1, 0.15) is 52.0 Å². The number of halogens is 1. The number of aromatic carboxylic acids is 1. The van der Waals surface area contributed by atoms with Crippen molar-refractivity contribution >= 4 is 23.5 Å². The van der Waals surface area contributed by atoms with Gasteiger partial charge in [-0.1, -0.05) is 30.7 Å². The fourth-order valence-corrected chi connectivity index (χ4v) is 3.06. The second-order valence-electron chi connectivity index (χ2n) is 6.68. The number of carboxylic acid groups (broad SMARTS) is 1. The van der Waals surface area contributed by atoms with Crippen LogP contribution in [0.4, 0.5) is 0 Å². The van der Waals surface area contributed by atoms with Crippen LogP contribution in [0.15, 0.2) is 34.7 Å². The van der Waals surface area contributed by atoms with Gasteiger partial charge in [-0.2, -0.15) is 0 Å². The van der Waals surface area contributed by atoms with Crippen molar-refractivity contribution in [1.82, 2.24) is 4.90 Å². The third kappa shape index (κ3) is 4.47. The lowest BCUT2D eigenvalue weighted by Gasteiger charge is -2.21. The van der Waals surface area contributed by atoms with Crippen molar-refractivity contribution < 1.29 is 19.1 Å². The summed E-state index contributed by atoms with van der Waals surface area (Å²) in [6, 6.07) is 8.93. The average molecular weight is 376 g/mol. The minimum absolute atomic E-state index is 0.0694. The molecular weight excluding hydrogens is 354 g/mol. The van der Waals surface area contributed by atoms with Gasteiger partial charge in [-0.05, 0) is 42.9 Å². The van der Waals surface area contributed by atoms with Gasteiger partial charge in [-0.15, -0.1) is 0 Å². The van der Waals surface area contributed by atoms with E-state index in [4.69, 9.17) is 16.0 Å². The van der Waals surface area contributed by atoms with Gasteiger partial charge >= 0.3 is 5.97 Å². The molecule has 0 aliphatic heterocycles. The first-order chi connectivity index (χ1) is 12.5. The van der Waals surface area contributed by atoms with Gasteiger partial charge in [0.1, 0.15) is 11.3 Å². The Balaban J connectivity index is 1.74. The molecule has 0 unspecified atom stereocenters. The van der Waals surface area contributed by atoms with Crippen LogP contribution >= 0.6 is 11.6 Å². The maximum absolute atomic E-state index is 12.9. The van der Waals surface area contributed by atoms with E-state index in [0.717, 1.165) is 18.4 Å². The Labute approximate surface area is 157 Å². The van der Waals surface area contributed by atoms with Crippen molar-refractivity contribution in [1.29, 1.82) is 0 Å². The molecule has 1 saturated carbocycles. The highest BCUT2D eigenvalue weighted by Crippen LogP contribution is 2.30. The molecule has 1 fully saturated rings. The molecule has 0 spiro atoms. The van der Waals surface area contributed by atoms with Crippen molar-refractivity contribution in [3.63, 3.8) is 0 Å². The molecule has 0 bridgehead atoms. The number of rotatable bonds is 8. The van der Waals surface area contributed by atoms with Gasteiger partial charge in [0, 0.05) is 30.6 Å². The van der Waals surface area contributed by atoms with Gasteiger partial charge in [0.15, 0.2) is 5.76 Å². The van der Waals surface area contributed by atoms with Crippen molar-refractivity contribution in [2.24, 2.45) is 5.92 Å². The Kier molecular flexibility index (Phi) is 5.67. The van der Waals surface area contributed by atoms with Gasteiger partial charge in [0.25, 0.3) is 5.91 Å². The van der Waals surface area contributed by atoms with Crippen LogP contribution in [0.5, 0.6) is 0 Å². The van der Waals surface area contributed by atoms with Crippen LogP contribution in [0.2, 0.25) is 5.02 Å². The summed E-state index contributed by atoms with van der Waals surface area (Å²) >= 11 is 5.91. The highest BCUT2D eigenvalue weighted by atomic mass is 35.5. The zero-order valence-electron chi connectivity index (χ0n) is 14.7. The first-order valence-electron chi connectivity index (χ1n) is 8.87. The predicted molar refractivity (Wildman–Crippen MR) is 98.8 cm³/mol. The summed E-state index contributed by atoms with van der Waals surface area (Å²) in [4.78, 5) is 26.0. The average Bonchev–Trinajstić information content (AvgIpc) is 3.33. The Morgan fingerprint density at radius 1 is 1.27 bits per heavy atom. The number of aryl methyl sites for hydroxylation is 1. The van der Waals surface area contributed by atoms with Crippen LogP contribution in [-0.2, 0) is 12.8 Å². The van der Waals surface area contributed by atoms with E-state index in [9.17, 15) is 14.7 Å². The van der Waals surface area contributed by atoms with Crippen LogP contribution in [-0.4, -0.2) is 35.0 Å². The summed E-state index contributed by atoms with van der Waals surface area (Å²) < 4.78 is 5.55. The normalized spacial score (nSPS) is 13.6. The third-order valence-electron chi connectivity index (χ3n) is 4.62. The Hall–Kier alpha value is -2.27. The van der Waals surface area contributed by atoms with Crippen LogP contribution < -0.4 is 0 Å². The molecule has 26 heavy (non-hydrogen) atoms. The monoisotopic (exact) mass is 375 g/mol. The molecule has 3 rings (SSSR count). The fourth-order valence-electron chi connectivity index (χ4n) is 2.94. The quantitative estimate of drug-likeness (QED) is 0.747. The van der Waals surface area contributed by atoms with Gasteiger partial charge in [-0.25, -0.2) is 4.79 Å². The number of hydrogen-bond acceptors (Lipinski definition) is 3. The number of carbonyl (C=O) groups is 2. The number of nitrogens with zero attached hydrogens (tertiary/aromatic N) is 1. The Morgan fingerprint density at radius 3 is 2.50 bits per heavy atom. The van der Waals surface area contributed by atoms with E-state index in [1.54, 1.807) is 4.90 Å². The largest absolute Gasteiger partial charge is 0.478 e.